The minimum absolute atomic E-state index is 0.00251. The number of hydrogen-bond donors (Lipinski definition) is 2. The van der Waals surface area contributed by atoms with Gasteiger partial charge in [-0.15, -0.1) is 11.8 Å². The van der Waals surface area contributed by atoms with Crippen molar-refractivity contribution in [3.05, 3.63) is 29.3 Å². The highest BCUT2D eigenvalue weighted by molar-refractivity contribution is 7.99. The van der Waals surface area contributed by atoms with Gasteiger partial charge in [0.2, 0.25) is 5.91 Å². The minimum Gasteiger partial charge on any atom is -0.388 e. The number of aryl methyl sites for hydroxylation is 2. The van der Waals surface area contributed by atoms with Gasteiger partial charge in [-0.1, -0.05) is 19.4 Å². The number of hydrogen-bond acceptors (Lipinski definition) is 3. The van der Waals surface area contributed by atoms with Crippen molar-refractivity contribution in [2.24, 2.45) is 0 Å². The van der Waals surface area contributed by atoms with Crippen LogP contribution in [0.1, 0.15) is 44.2 Å². The van der Waals surface area contributed by atoms with Gasteiger partial charge in [0.15, 0.2) is 0 Å². The van der Waals surface area contributed by atoms with E-state index in [2.05, 4.69) is 37.4 Å². The van der Waals surface area contributed by atoms with Gasteiger partial charge in [0.1, 0.15) is 0 Å². The second kappa shape index (κ2) is 8.44. The molecule has 0 saturated heterocycles. The van der Waals surface area contributed by atoms with Gasteiger partial charge in [0.25, 0.3) is 0 Å². The molecule has 0 saturated carbocycles. The van der Waals surface area contributed by atoms with Crippen LogP contribution in [-0.4, -0.2) is 28.9 Å². The van der Waals surface area contributed by atoms with Crippen molar-refractivity contribution in [2.45, 2.75) is 57.5 Å². The minimum atomic E-state index is -0.800. The van der Waals surface area contributed by atoms with E-state index in [1.165, 1.54) is 16.0 Å². The summed E-state index contributed by atoms with van der Waals surface area (Å²) < 4.78 is 0. The summed E-state index contributed by atoms with van der Waals surface area (Å²) in [5.74, 6) is 0.757. The SMILES string of the molecule is CCCC(C)(O)CNC(=O)CCSc1ccc(C)c(C)c1. The summed E-state index contributed by atoms with van der Waals surface area (Å²) >= 11 is 1.69. The van der Waals surface area contributed by atoms with E-state index in [0.717, 1.165) is 12.2 Å². The molecule has 1 amide bonds. The Balaban J connectivity index is 2.29. The Morgan fingerprint density at radius 3 is 2.67 bits per heavy atom. The molecule has 0 aliphatic rings. The van der Waals surface area contributed by atoms with Gasteiger partial charge in [-0.2, -0.15) is 0 Å². The lowest BCUT2D eigenvalue weighted by molar-refractivity contribution is -0.121. The van der Waals surface area contributed by atoms with E-state index in [9.17, 15) is 9.90 Å². The molecule has 1 aromatic rings. The van der Waals surface area contributed by atoms with E-state index in [-0.39, 0.29) is 5.91 Å². The second-order valence-corrected chi connectivity index (χ2v) is 7.04. The van der Waals surface area contributed by atoms with Crippen LogP contribution in [0.4, 0.5) is 0 Å². The first-order chi connectivity index (χ1) is 9.84. The lowest BCUT2D eigenvalue weighted by atomic mass is 10.0. The number of aliphatic hydroxyl groups is 1. The van der Waals surface area contributed by atoms with Crippen molar-refractivity contribution in [1.29, 1.82) is 0 Å². The van der Waals surface area contributed by atoms with Gasteiger partial charge in [-0.3, -0.25) is 4.79 Å². The first kappa shape index (κ1) is 18.1. The van der Waals surface area contributed by atoms with E-state index < -0.39 is 5.60 Å². The Hall–Kier alpha value is -1.00. The van der Waals surface area contributed by atoms with Crippen LogP contribution in [0.15, 0.2) is 23.1 Å². The molecular weight excluding hydrogens is 282 g/mol. The first-order valence-electron chi connectivity index (χ1n) is 7.53. The standard InChI is InChI=1S/C17H27NO2S/c1-5-9-17(4,20)12-18-16(19)8-10-21-15-7-6-13(2)14(3)11-15/h6-7,11,20H,5,8-10,12H2,1-4H3,(H,18,19). The van der Waals surface area contributed by atoms with E-state index in [0.29, 0.717) is 19.4 Å². The molecular formula is C17H27NO2S. The zero-order valence-corrected chi connectivity index (χ0v) is 14.3. The lowest BCUT2D eigenvalue weighted by Crippen LogP contribution is -2.40. The Morgan fingerprint density at radius 1 is 1.33 bits per heavy atom. The quantitative estimate of drug-likeness (QED) is 0.723. The number of rotatable bonds is 8. The molecule has 0 aliphatic carbocycles. The molecule has 118 valence electrons. The zero-order valence-electron chi connectivity index (χ0n) is 13.5. The highest BCUT2D eigenvalue weighted by Crippen LogP contribution is 2.21. The molecule has 2 N–H and O–H groups in total. The number of carbonyl (C=O) groups excluding carboxylic acids is 1. The normalized spacial score (nSPS) is 13.8. The molecule has 21 heavy (non-hydrogen) atoms. The van der Waals surface area contributed by atoms with E-state index in [1.54, 1.807) is 18.7 Å². The number of carbonyl (C=O) groups is 1. The highest BCUT2D eigenvalue weighted by Gasteiger charge is 2.19. The summed E-state index contributed by atoms with van der Waals surface area (Å²) in [5.41, 5.74) is 1.77. The number of amides is 1. The molecule has 1 unspecified atom stereocenters. The topological polar surface area (TPSA) is 49.3 Å². The maximum Gasteiger partial charge on any atom is 0.220 e. The van der Waals surface area contributed by atoms with Crippen molar-refractivity contribution >= 4 is 17.7 Å². The summed E-state index contributed by atoms with van der Waals surface area (Å²) in [6.07, 6.45) is 2.08. The van der Waals surface area contributed by atoms with Gasteiger partial charge in [-0.25, -0.2) is 0 Å². The van der Waals surface area contributed by atoms with Gasteiger partial charge < -0.3 is 10.4 Å². The summed E-state index contributed by atoms with van der Waals surface area (Å²) in [6.45, 7) is 8.31. The van der Waals surface area contributed by atoms with Crippen LogP contribution in [0.2, 0.25) is 0 Å². The third kappa shape index (κ3) is 7.00. The first-order valence-corrected chi connectivity index (χ1v) is 8.52. The van der Waals surface area contributed by atoms with E-state index in [4.69, 9.17) is 0 Å². The van der Waals surface area contributed by atoms with Crippen LogP contribution in [0.5, 0.6) is 0 Å². The predicted molar refractivity (Wildman–Crippen MR) is 89.8 cm³/mol. The number of benzene rings is 1. The van der Waals surface area contributed by atoms with Gasteiger partial charge >= 0.3 is 0 Å². The molecule has 0 heterocycles. The molecule has 4 heteroatoms. The Kier molecular flexibility index (Phi) is 7.26. The highest BCUT2D eigenvalue weighted by atomic mass is 32.2. The third-order valence-electron chi connectivity index (χ3n) is 3.53. The fourth-order valence-corrected chi connectivity index (χ4v) is 3.02. The van der Waals surface area contributed by atoms with Crippen molar-refractivity contribution in [1.82, 2.24) is 5.32 Å². The average Bonchev–Trinajstić information content (AvgIpc) is 2.41. The van der Waals surface area contributed by atoms with Crippen LogP contribution >= 0.6 is 11.8 Å². The summed E-state index contributed by atoms with van der Waals surface area (Å²) in [4.78, 5) is 13.0. The Morgan fingerprint density at radius 2 is 2.05 bits per heavy atom. The maximum absolute atomic E-state index is 11.8. The second-order valence-electron chi connectivity index (χ2n) is 5.87. The summed E-state index contributed by atoms with van der Waals surface area (Å²) in [6, 6.07) is 6.36. The van der Waals surface area contributed by atoms with Crippen molar-refractivity contribution < 1.29 is 9.90 Å². The lowest BCUT2D eigenvalue weighted by Gasteiger charge is -2.22. The molecule has 0 aliphatic heterocycles. The van der Waals surface area contributed by atoms with Crippen LogP contribution < -0.4 is 5.32 Å². The summed E-state index contributed by atoms with van der Waals surface area (Å²) in [7, 11) is 0. The van der Waals surface area contributed by atoms with E-state index >= 15 is 0 Å². The fraction of sp³-hybridized carbons (Fsp3) is 0.588. The van der Waals surface area contributed by atoms with Gasteiger partial charge in [0.05, 0.1) is 5.60 Å². The monoisotopic (exact) mass is 309 g/mol. The van der Waals surface area contributed by atoms with Gasteiger partial charge in [-0.05, 0) is 50.5 Å². The zero-order chi connectivity index (χ0) is 15.9. The molecule has 0 radical (unpaired) electrons. The van der Waals surface area contributed by atoms with E-state index in [1.807, 2.05) is 6.92 Å². The molecule has 1 rings (SSSR count). The third-order valence-corrected chi connectivity index (χ3v) is 4.53. The summed E-state index contributed by atoms with van der Waals surface area (Å²) in [5, 5.41) is 12.8. The maximum atomic E-state index is 11.8. The molecule has 1 atom stereocenters. The fourth-order valence-electron chi connectivity index (χ4n) is 2.07. The molecule has 0 fully saturated rings. The molecule has 0 spiro atoms. The largest absolute Gasteiger partial charge is 0.388 e. The number of thioether (sulfide) groups is 1. The molecule has 3 nitrogen and oxygen atoms in total. The van der Waals surface area contributed by atoms with Crippen molar-refractivity contribution in [3.8, 4) is 0 Å². The van der Waals surface area contributed by atoms with Crippen LogP contribution in [-0.2, 0) is 4.79 Å². The number of nitrogens with one attached hydrogen (secondary N) is 1. The Labute approximate surface area is 132 Å². The average molecular weight is 309 g/mol. The molecule has 0 aromatic heterocycles. The Bertz CT molecular complexity index is 472. The van der Waals surface area contributed by atoms with Crippen molar-refractivity contribution in [3.63, 3.8) is 0 Å². The van der Waals surface area contributed by atoms with Gasteiger partial charge in [0, 0.05) is 23.6 Å². The van der Waals surface area contributed by atoms with Crippen LogP contribution in [0.25, 0.3) is 0 Å². The van der Waals surface area contributed by atoms with Crippen LogP contribution in [0.3, 0.4) is 0 Å². The molecule has 0 bridgehead atoms. The predicted octanol–water partition coefficient (Wildman–Crippen LogP) is 3.45. The molecule has 1 aromatic carbocycles. The smallest absolute Gasteiger partial charge is 0.220 e. The van der Waals surface area contributed by atoms with Crippen LogP contribution in [0, 0.1) is 13.8 Å². The van der Waals surface area contributed by atoms with Crippen molar-refractivity contribution in [2.75, 3.05) is 12.3 Å².